The van der Waals surface area contributed by atoms with Crippen LogP contribution < -0.4 is 10.6 Å². The van der Waals surface area contributed by atoms with E-state index in [9.17, 15) is 0 Å². The maximum absolute atomic E-state index is 5.19. The molecule has 1 aromatic rings. The van der Waals surface area contributed by atoms with E-state index >= 15 is 0 Å². The van der Waals surface area contributed by atoms with Crippen LogP contribution in [0.1, 0.15) is 31.9 Å². The summed E-state index contributed by atoms with van der Waals surface area (Å²) in [5.74, 6) is 0. The smallest absolute Gasteiger partial charge is 0.166 e. The van der Waals surface area contributed by atoms with Crippen molar-refractivity contribution in [1.29, 1.82) is 0 Å². The minimum Gasteiger partial charge on any atom is -0.363 e. The molecule has 1 rings (SSSR count). The van der Waals surface area contributed by atoms with E-state index in [0.717, 1.165) is 22.6 Å². The first-order valence-electron chi connectivity index (χ1n) is 5.43. The van der Waals surface area contributed by atoms with Gasteiger partial charge in [0.1, 0.15) is 0 Å². The lowest BCUT2D eigenvalue weighted by Gasteiger charge is -2.17. The van der Waals surface area contributed by atoms with E-state index < -0.39 is 0 Å². The Labute approximate surface area is 111 Å². The molecule has 2 N–H and O–H groups in total. The van der Waals surface area contributed by atoms with E-state index in [2.05, 4.69) is 52.5 Å². The number of benzene rings is 1. The highest BCUT2D eigenvalue weighted by Crippen LogP contribution is 2.16. The molecule has 16 heavy (non-hydrogen) atoms. The van der Waals surface area contributed by atoms with Gasteiger partial charge in [-0.2, -0.15) is 0 Å². The Morgan fingerprint density at radius 2 is 2.00 bits per heavy atom. The fourth-order valence-corrected chi connectivity index (χ4v) is 1.86. The van der Waals surface area contributed by atoms with Gasteiger partial charge in [-0.3, -0.25) is 0 Å². The molecule has 4 heteroatoms. The second-order valence-corrected chi connectivity index (χ2v) is 5.00. The van der Waals surface area contributed by atoms with Crippen molar-refractivity contribution in [2.75, 3.05) is 6.54 Å². The summed E-state index contributed by atoms with van der Waals surface area (Å²) in [6, 6.07) is 8.48. The van der Waals surface area contributed by atoms with Crippen LogP contribution in [-0.4, -0.2) is 11.7 Å². The molecule has 1 aromatic carbocycles. The second-order valence-electron chi connectivity index (χ2n) is 3.67. The molecule has 0 aliphatic rings. The molecule has 0 aliphatic carbocycles. The fourth-order valence-electron chi connectivity index (χ4n) is 1.32. The molecule has 1 atom stereocenters. The van der Waals surface area contributed by atoms with Crippen LogP contribution in [0, 0.1) is 0 Å². The zero-order valence-electron chi connectivity index (χ0n) is 9.59. The van der Waals surface area contributed by atoms with Gasteiger partial charge in [-0.25, -0.2) is 0 Å². The molecule has 0 heterocycles. The zero-order valence-corrected chi connectivity index (χ0v) is 12.0. The third-order valence-electron chi connectivity index (χ3n) is 2.25. The third-order valence-corrected chi connectivity index (χ3v) is 3.04. The van der Waals surface area contributed by atoms with E-state index in [1.54, 1.807) is 0 Å². The SMILES string of the molecule is CCCNC(=S)N[C@H](C)c1ccc(Br)cc1. The highest BCUT2D eigenvalue weighted by Gasteiger charge is 2.05. The number of nitrogens with one attached hydrogen (secondary N) is 2. The Morgan fingerprint density at radius 3 is 2.56 bits per heavy atom. The Bertz CT molecular complexity index is 337. The maximum Gasteiger partial charge on any atom is 0.166 e. The lowest BCUT2D eigenvalue weighted by atomic mass is 10.1. The van der Waals surface area contributed by atoms with Gasteiger partial charge in [0.25, 0.3) is 0 Å². The Hall–Kier alpha value is -0.610. The lowest BCUT2D eigenvalue weighted by Crippen LogP contribution is -2.37. The first-order chi connectivity index (χ1) is 7.63. The molecule has 0 saturated heterocycles. The molecule has 2 nitrogen and oxygen atoms in total. The number of hydrogen-bond donors (Lipinski definition) is 2. The number of hydrogen-bond acceptors (Lipinski definition) is 1. The summed E-state index contributed by atoms with van der Waals surface area (Å²) >= 11 is 8.61. The van der Waals surface area contributed by atoms with Crippen LogP contribution in [0.5, 0.6) is 0 Å². The Morgan fingerprint density at radius 1 is 1.38 bits per heavy atom. The molecular weight excluding hydrogens is 284 g/mol. The number of thiocarbonyl (C=S) groups is 1. The monoisotopic (exact) mass is 300 g/mol. The fraction of sp³-hybridized carbons (Fsp3) is 0.417. The highest BCUT2D eigenvalue weighted by atomic mass is 79.9. The van der Waals surface area contributed by atoms with Gasteiger partial charge in [-0.15, -0.1) is 0 Å². The van der Waals surface area contributed by atoms with Gasteiger partial charge < -0.3 is 10.6 Å². The van der Waals surface area contributed by atoms with Crippen molar-refractivity contribution in [3.63, 3.8) is 0 Å². The van der Waals surface area contributed by atoms with Crippen molar-refractivity contribution in [3.8, 4) is 0 Å². The summed E-state index contributed by atoms with van der Waals surface area (Å²) in [6.45, 7) is 5.13. The third kappa shape index (κ3) is 4.49. The van der Waals surface area contributed by atoms with Gasteiger partial charge in [0.15, 0.2) is 5.11 Å². The van der Waals surface area contributed by atoms with Crippen molar-refractivity contribution in [3.05, 3.63) is 34.3 Å². The van der Waals surface area contributed by atoms with E-state index in [0.29, 0.717) is 0 Å². The summed E-state index contributed by atoms with van der Waals surface area (Å²) in [5, 5.41) is 7.13. The first-order valence-corrected chi connectivity index (χ1v) is 6.63. The molecule has 0 aromatic heterocycles. The van der Waals surface area contributed by atoms with Crippen LogP contribution >= 0.6 is 28.1 Å². The summed E-state index contributed by atoms with van der Waals surface area (Å²) in [4.78, 5) is 0. The number of halogens is 1. The average molecular weight is 301 g/mol. The predicted octanol–water partition coefficient (Wildman–Crippen LogP) is 3.38. The Balaban J connectivity index is 2.48. The molecule has 0 unspecified atom stereocenters. The van der Waals surface area contributed by atoms with E-state index in [1.165, 1.54) is 5.56 Å². The zero-order chi connectivity index (χ0) is 12.0. The van der Waals surface area contributed by atoms with Gasteiger partial charge in [-0.05, 0) is 43.3 Å². The largest absolute Gasteiger partial charge is 0.363 e. The summed E-state index contributed by atoms with van der Waals surface area (Å²) in [7, 11) is 0. The van der Waals surface area contributed by atoms with Gasteiger partial charge in [0.2, 0.25) is 0 Å². The topological polar surface area (TPSA) is 24.1 Å². The molecule has 0 saturated carbocycles. The molecule has 0 fully saturated rings. The minimum atomic E-state index is 0.227. The summed E-state index contributed by atoms with van der Waals surface area (Å²) in [5.41, 5.74) is 1.23. The van der Waals surface area contributed by atoms with Gasteiger partial charge in [0.05, 0.1) is 6.04 Å². The van der Waals surface area contributed by atoms with Crippen molar-refractivity contribution >= 4 is 33.3 Å². The van der Waals surface area contributed by atoms with E-state index in [-0.39, 0.29) is 6.04 Å². The van der Waals surface area contributed by atoms with Crippen molar-refractivity contribution < 1.29 is 0 Å². The number of rotatable bonds is 4. The van der Waals surface area contributed by atoms with Crippen LogP contribution in [0.4, 0.5) is 0 Å². The summed E-state index contributed by atoms with van der Waals surface area (Å²) in [6.07, 6.45) is 1.08. The normalized spacial score (nSPS) is 11.9. The van der Waals surface area contributed by atoms with Gasteiger partial charge >= 0.3 is 0 Å². The lowest BCUT2D eigenvalue weighted by molar-refractivity contribution is 0.694. The maximum atomic E-state index is 5.19. The molecular formula is C12H17BrN2S. The first kappa shape index (κ1) is 13.5. The van der Waals surface area contributed by atoms with E-state index in [1.807, 2.05) is 12.1 Å². The van der Waals surface area contributed by atoms with Crippen molar-refractivity contribution in [1.82, 2.24) is 10.6 Å². The molecule has 0 radical (unpaired) electrons. The van der Waals surface area contributed by atoms with Gasteiger partial charge in [-0.1, -0.05) is 35.0 Å². The van der Waals surface area contributed by atoms with Crippen LogP contribution in [0.15, 0.2) is 28.7 Å². The molecule has 0 spiro atoms. The molecule has 88 valence electrons. The molecule has 0 bridgehead atoms. The van der Waals surface area contributed by atoms with Crippen molar-refractivity contribution in [2.24, 2.45) is 0 Å². The van der Waals surface area contributed by atoms with Crippen LogP contribution in [0.25, 0.3) is 0 Å². The predicted molar refractivity (Wildman–Crippen MR) is 76.6 cm³/mol. The highest BCUT2D eigenvalue weighted by molar-refractivity contribution is 9.10. The van der Waals surface area contributed by atoms with Crippen molar-refractivity contribution in [2.45, 2.75) is 26.3 Å². The van der Waals surface area contributed by atoms with Crippen LogP contribution in [0.3, 0.4) is 0 Å². The Kier molecular flexibility index (Phi) is 5.77. The minimum absolute atomic E-state index is 0.227. The molecule has 0 amide bonds. The van der Waals surface area contributed by atoms with Gasteiger partial charge in [0, 0.05) is 11.0 Å². The van der Waals surface area contributed by atoms with E-state index in [4.69, 9.17) is 12.2 Å². The standard InChI is InChI=1S/C12H17BrN2S/c1-3-8-14-12(16)15-9(2)10-4-6-11(13)7-5-10/h4-7,9H,3,8H2,1-2H3,(H2,14,15,16)/t9-/m1/s1. The average Bonchev–Trinajstić information content (AvgIpc) is 2.27. The van der Waals surface area contributed by atoms with Crippen LogP contribution in [-0.2, 0) is 0 Å². The molecule has 0 aliphatic heterocycles. The second kappa shape index (κ2) is 6.86. The van der Waals surface area contributed by atoms with Crippen LogP contribution in [0.2, 0.25) is 0 Å². The summed E-state index contributed by atoms with van der Waals surface area (Å²) < 4.78 is 1.09. The quantitative estimate of drug-likeness (QED) is 0.834.